The summed E-state index contributed by atoms with van der Waals surface area (Å²) in [4.78, 5) is 14.9. The molecular formula is C16H15NO3. The number of para-hydroxylation sites is 1. The van der Waals surface area contributed by atoms with Gasteiger partial charge in [0, 0.05) is 17.3 Å². The third kappa shape index (κ3) is 3.95. The highest BCUT2D eigenvalue weighted by Crippen LogP contribution is 2.20. The van der Waals surface area contributed by atoms with Crippen LogP contribution in [0, 0.1) is 6.92 Å². The van der Waals surface area contributed by atoms with E-state index in [-0.39, 0.29) is 0 Å². The number of aromatic nitrogens is 1. The van der Waals surface area contributed by atoms with E-state index in [0.717, 1.165) is 23.0 Å². The van der Waals surface area contributed by atoms with Crippen LogP contribution in [-0.2, 0) is 11.4 Å². The molecule has 4 nitrogen and oxygen atoms in total. The second-order valence-corrected chi connectivity index (χ2v) is 4.27. The molecule has 0 atom stereocenters. The number of carboxylic acid groups (broad SMARTS) is 1. The van der Waals surface area contributed by atoms with Crippen LogP contribution in [0.25, 0.3) is 6.08 Å². The maximum Gasteiger partial charge on any atom is 0.328 e. The molecule has 1 aromatic carbocycles. The summed E-state index contributed by atoms with van der Waals surface area (Å²) < 4.78 is 5.70. The number of hydrogen-bond acceptors (Lipinski definition) is 3. The Morgan fingerprint density at radius 2 is 2.05 bits per heavy atom. The van der Waals surface area contributed by atoms with E-state index < -0.39 is 5.97 Å². The van der Waals surface area contributed by atoms with Gasteiger partial charge in [-0.2, -0.15) is 0 Å². The molecule has 0 amide bonds. The normalized spacial score (nSPS) is 10.7. The Morgan fingerprint density at radius 1 is 1.25 bits per heavy atom. The summed E-state index contributed by atoms with van der Waals surface area (Å²) in [7, 11) is 0. The summed E-state index contributed by atoms with van der Waals surface area (Å²) in [6.07, 6.45) is 2.61. The van der Waals surface area contributed by atoms with Crippen molar-refractivity contribution in [1.29, 1.82) is 0 Å². The highest BCUT2D eigenvalue weighted by Gasteiger charge is 2.02. The molecular weight excluding hydrogens is 254 g/mol. The maximum absolute atomic E-state index is 10.6. The van der Waals surface area contributed by atoms with Gasteiger partial charge in [-0.3, -0.25) is 4.98 Å². The number of pyridine rings is 1. The van der Waals surface area contributed by atoms with E-state index >= 15 is 0 Å². The van der Waals surface area contributed by atoms with Crippen LogP contribution in [0.1, 0.15) is 17.0 Å². The van der Waals surface area contributed by atoms with Crippen LogP contribution in [0.3, 0.4) is 0 Å². The first-order chi connectivity index (χ1) is 9.65. The van der Waals surface area contributed by atoms with Gasteiger partial charge in [0.1, 0.15) is 12.4 Å². The molecule has 4 heteroatoms. The van der Waals surface area contributed by atoms with Crippen molar-refractivity contribution in [2.75, 3.05) is 0 Å². The third-order valence-electron chi connectivity index (χ3n) is 2.65. The van der Waals surface area contributed by atoms with Gasteiger partial charge >= 0.3 is 5.97 Å². The highest BCUT2D eigenvalue weighted by molar-refractivity contribution is 5.85. The van der Waals surface area contributed by atoms with Crippen molar-refractivity contribution in [3.8, 4) is 5.75 Å². The highest BCUT2D eigenvalue weighted by atomic mass is 16.5. The molecule has 1 heterocycles. The summed E-state index contributed by atoms with van der Waals surface area (Å²) >= 11 is 0. The summed E-state index contributed by atoms with van der Waals surface area (Å²) in [5.74, 6) is -0.353. The number of hydrogen-bond donors (Lipinski definition) is 1. The molecule has 0 aliphatic carbocycles. The fraction of sp³-hybridized carbons (Fsp3) is 0.125. The van der Waals surface area contributed by atoms with Crippen LogP contribution >= 0.6 is 0 Å². The molecule has 20 heavy (non-hydrogen) atoms. The van der Waals surface area contributed by atoms with E-state index in [9.17, 15) is 4.79 Å². The Morgan fingerprint density at radius 3 is 2.80 bits per heavy atom. The molecule has 0 unspecified atom stereocenters. The third-order valence-corrected chi connectivity index (χ3v) is 2.65. The van der Waals surface area contributed by atoms with E-state index in [2.05, 4.69) is 4.98 Å². The Hall–Kier alpha value is -2.62. The van der Waals surface area contributed by atoms with Crippen molar-refractivity contribution in [3.63, 3.8) is 0 Å². The number of nitrogens with zero attached hydrogens (tertiary/aromatic N) is 1. The number of benzene rings is 1. The van der Waals surface area contributed by atoms with Crippen molar-refractivity contribution < 1.29 is 14.6 Å². The minimum atomic E-state index is -0.986. The van der Waals surface area contributed by atoms with Gasteiger partial charge in [0.05, 0.1) is 5.69 Å². The molecule has 0 saturated carbocycles. The monoisotopic (exact) mass is 269 g/mol. The lowest BCUT2D eigenvalue weighted by Gasteiger charge is -2.09. The van der Waals surface area contributed by atoms with Crippen molar-refractivity contribution in [2.45, 2.75) is 13.5 Å². The molecule has 0 radical (unpaired) electrons. The number of carbonyl (C=O) groups is 1. The fourth-order valence-electron chi connectivity index (χ4n) is 1.74. The minimum Gasteiger partial charge on any atom is -0.487 e. The van der Waals surface area contributed by atoms with Crippen LogP contribution in [0.4, 0.5) is 0 Å². The van der Waals surface area contributed by atoms with Crippen molar-refractivity contribution in [3.05, 3.63) is 65.5 Å². The number of rotatable bonds is 5. The van der Waals surface area contributed by atoms with Gasteiger partial charge in [-0.1, -0.05) is 24.3 Å². The lowest BCUT2D eigenvalue weighted by molar-refractivity contribution is -0.131. The summed E-state index contributed by atoms with van der Waals surface area (Å²) in [6, 6.07) is 13.0. The van der Waals surface area contributed by atoms with Gasteiger partial charge in [0.15, 0.2) is 0 Å². The standard InChI is InChI=1S/C16H15NO3/c1-12-5-4-7-14(17-12)11-20-15-8-3-2-6-13(15)9-10-16(18)19/h2-10H,11H2,1H3,(H,18,19). The first kappa shape index (κ1) is 13.8. The lowest BCUT2D eigenvalue weighted by atomic mass is 10.2. The van der Waals surface area contributed by atoms with Gasteiger partial charge < -0.3 is 9.84 Å². The predicted octanol–water partition coefficient (Wildman–Crippen LogP) is 3.07. The second-order valence-electron chi connectivity index (χ2n) is 4.27. The summed E-state index contributed by atoms with van der Waals surface area (Å²) in [5, 5.41) is 8.67. The van der Waals surface area contributed by atoms with Crippen molar-refractivity contribution in [2.24, 2.45) is 0 Å². The van der Waals surface area contributed by atoms with Gasteiger partial charge in [-0.25, -0.2) is 4.79 Å². The number of aryl methyl sites for hydroxylation is 1. The Bertz CT molecular complexity index is 635. The van der Waals surface area contributed by atoms with Gasteiger partial charge in [-0.05, 0) is 31.2 Å². The zero-order chi connectivity index (χ0) is 14.4. The number of aliphatic carboxylic acids is 1. The van der Waals surface area contributed by atoms with Crippen LogP contribution < -0.4 is 4.74 Å². The van der Waals surface area contributed by atoms with E-state index in [1.807, 2.05) is 37.3 Å². The molecule has 0 aliphatic rings. The molecule has 1 aromatic heterocycles. The zero-order valence-electron chi connectivity index (χ0n) is 11.1. The predicted molar refractivity (Wildman–Crippen MR) is 76.4 cm³/mol. The molecule has 0 saturated heterocycles. The fourth-order valence-corrected chi connectivity index (χ4v) is 1.74. The van der Waals surface area contributed by atoms with E-state index in [1.165, 1.54) is 6.08 Å². The quantitative estimate of drug-likeness (QED) is 0.847. The largest absolute Gasteiger partial charge is 0.487 e. The van der Waals surface area contributed by atoms with Crippen molar-refractivity contribution >= 4 is 12.0 Å². The summed E-state index contributed by atoms with van der Waals surface area (Å²) in [6.45, 7) is 2.27. The lowest BCUT2D eigenvalue weighted by Crippen LogP contribution is -2.00. The molecule has 0 aliphatic heterocycles. The molecule has 1 N–H and O–H groups in total. The van der Waals surface area contributed by atoms with Gasteiger partial charge in [-0.15, -0.1) is 0 Å². The average Bonchev–Trinajstić information content (AvgIpc) is 2.44. The SMILES string of the molecule is Cc1cccc(COc2ccccc2C=CC(=O)O)n1. The van der Waals surface area contributed by atoms with E-state index in [1.54, 1.807) is 12.1 Å². The topological polar surface area (TPSA) is 59.4 Å². The Balaban J connectivity index is 2.11. The van der Waals surface area contributed by atoms with E-state index in [0.29, 0.717) is 12.4 Å². The van der Waals surface area contributed by atoms with Gasteiger partial charge in [0.25, 0.3) is 0 Å². The zero-order valence-corrected chi connectivity index (χ0v) is 11.1. The van der Waals surface area contributed by atoms with E-state index in [4.69, 9.17) is 9.84 Å². The Labute approximate surface area is 117 Å². The molecule has 0 spiro atoms. The van der Waals surface area contributed by atoms with Crippen LogP contribution in [-0.4, -0.2) is 16.1 Å². The Kier molecular flexibility index (Phi) is 4.50. The minimum absolute atomic E-state index is 0.347. The number of carboxylic acids is 1. The molecule has 2 rings (SSSR count). The molecule has 2 aromatic rings. The second kappa shape index (κ2) is 6.52. The summed E-state index contributed by atoms with van der Waals surface area (Å²) in [5.41, 5.74) is 2.50. The smallest absolute Gasteiger partial charge is 0.328 e. The molecule has 102 valence electrons. The first-order valence-corrected chi connectivity index (χ1v) is 6.20. The average molecular weight is 269 g/mol. The molecule has 0 bridgehead atoms. The maximum atomic E-state index is 10.6. The van der Waals surface area contributed by atoms with Crippen molar-refractivity contribution in [1.82, 2.24) is 4.98 Å². The number of ether oxygens (including phenoxy) is 1. The van der Waals surface area contributed by atoms with Crippen LogP contribution in [0.15, 0.2) is 48.5 Å². The van der Waals surface area contributed by atoms with Crippen LogP contribution in [0.2, 0.25) is 0 Å². The van der Waals surface area contributed by atoms with Crippen LogP contribution in [0.5, 0.6) is 5.75 Å². The molecule has 0 fully saturated rings. The first-order valence-electron chi connectivity index (χ1n) is 6.20. The van der Waals surface area contributed by atoms with Gasteiger partial charge in [0.2, 0.25) is 0 Å².